The summed E-state index contributed by atoms with van der Waals surface area (Å²) in [5.74, 6) is -0.908. The van der Waals surface area contributed by atoms with Crippen LogP contribution in [0.5, 0.6) is 0 Å². The van der Waals surface area contributed by atoms with Crippen LogP contribution in [-0.4, -0.2) is 37.2 Å². The molecule has 0 rings (SSSR count). The third-order valence-electron chi connectivity index (χ3n) is 10.6. The van der Waals surface area contributed by atoms with Gasteiger partial charge in [0.2, 0.25) is 0 Å². The summed E-state index contributed by atoms with van der Waals surface area (Å²) < 4.78 is 16.8. The SMILES string of the molecule is CC/C=C/C=C/C=C/CCCCCCCC(=O)OCC(COC(=O)CCCCCCCCC/C=C/C/C=C/CC)OC(=O)CCCCCCCCCCCCCCCC. The highest BCUT2D eigenvalue weighted by atomic mass is 16.6. The van der Waals surface area contributed by atoms with Crippen LogP contribution in [0.3, 0.4) is 0 Å². The van der Waals surface area contributed by atoms with Crippen LogP contribution in [-0.2, 0) is 28.6 Å². The number of hydrogen-bond donors (Lipinski definition) is 0. The summed E-state index contributed by atoms with van der Waals surface area (Å²) in [5.41, 5.74) is 0. The molecule has 0 saturated carbocycles. The molecule has 340 valence electrons. The van der Waals surface area contributed by atoms with Crippen molar-refractivity contribution >= 4 is 17.9 Å². The monoisotopic (exact) mass is 825 g/mol. The van der Waals surface area contributed by atoms with Gasteiger partial charge in [-0.2, -0.15) is 0 Å². The Bertz CT molecular complexity index is 1090. The Hall–Kier alpha value is -2.89. The highest BCUT2D eigenvalue weighted by molar-refractivity contribution is 5.71. The predicted molar refractivity (Wildman–Crippen MR) is 251 cm³/mol. The van der Waals surface area contributed by atoms with Crippen molar-refractivity contribution < 1.29 is 28.6 Å². The highest BCUT2D eigenvalue weighted by Crippen LogP contribution is 2.15. The lowest BCUT2D eigenvalue weighted by atomic mass is 10.0. The van der Waals surface area contributed by atoms with E-state index < -0.39 is 6.10 Å². The van der Waals surface area contributed by atoms with E-state index in [1.165, 1.54) is 96.3 Å². The van der Waals surface area contributed by atoms with Crippen LogP contribution in [0.15, 0.2) is 60.8 Å². The van der Waals surface area contributed by atoms with Crippen LogP contribution >= 0.6 is 0 Å². The molecule has 0 aromatic carbocycles. The normalized spacial score (nSPS) is 12.5. The summed E-state index contributed by atoms with van der Waals surface area (Å²) in [6, 6.07) is 0. The van der Waals surface area contributed by atoms with Gasteiger partial charge < -0.3 is 14.2 Å². The number of esters is 3. The number of allylic oxidation sites excluding steroid dienone is 10. The Labute approximate surface area is 364 Å². The van der Waals surface area contributed by atoms with Gasteiger partial charge in [-0.1, -0.05) is 216 Å². The average Bonchev–Trinajstić information content (AvgIpc) is 3.23. The fraction of sp³-hybridized carbons (Fsp3) is 0.755. The lowest BCUT2D eigenvalue weighted by Crippen LogP contribution is -2.30. The molecular weight excluding hydrogens is 733 g/mol. The zero-order chi connectivity index (χ0) is 43.0. The molecule has 1 atom stereocenters. The van der Waals surface area contributed by atoms with Crippen LogP contribution in [0, 0.1) is 0 Å². The Balaban J connectivity index is 4.40. The third-order valence-corrected chi connectivity index (χ3v) is 10.6. The summed E-state index contributed by atoms with van der Waals surface area (Å²) in [6.07, 6.45) is 57.7. The molecule has 0 bridgehead atoms. The van der Waals surface area contributed by atoms with E-state index in [-0.39, 0.29) is 31.1 Å². The molecule has 0 spiro atoms. The highest BCUT2D eigenvalue weighted by Gasteiger charge is 2.19. The fourth-order valence-electron chi connectivity index (χ4n) is 6.89. The Kier molecular flexibility index (Phi) is 45.4. The maximum atomic E-state index is 12.8. The van der Waals surface area contributed by atoms with Gasteiger partial charge in [-0.05, 0) is 64.2 Å². The second kappa shape index (κ2) is 47.8. The van der Waals surface area contributed by atoms with Crippen molar-refractivity contribution in [3.63, 3.8) is 0 Å². The number of ether oxygens (including phenoxy) is 3. The van der Waals surface area contributed by atoms with Crippen molar-refractivity contribution in [3.05, 3.63) is 60.8 Å². The summed E-state index contributed by atoms with van der Waals surface area (Å²) in [6.45, 7) is 6.38. The van der Waals surface area contributed by atoms with Crippen LogP contribution < -0.4 is 0 Å². The van der Waals surface area contributed by atoms with Gasteiger partial charge in [-0.3, -0.25) is 14.4 Å². The lowest BCUT2D eigenvalue weighted by Gasteiger charge is -2.18. The van der Waals surface area contributed by atoms with Gasteiger partial charge in [-0.25, -0.2) is 0 Å². The number of carbonyl (C=O) groups is 3. The standard InChI is InChI=1S/C53H92O6/c1-4-7-10-13-16-19-22-25-28-31-34-37-40-43-46-52(55)58-49-50(48-57-51(54)45-42-39-36-33-30-27-24-21-18-15-12-9-6-3)59-53(56)47-44-41-38-35-32-29-26-23-20-17-14-11-8-5-2/h7,9-10,12,15-16,18-19,21,24,50H,4-6,8,11,13-14,17,20,22-23,25-49H2,1-3H3/b10-7+,12-9+,18-15+,19-16+,24-21+. The topological polar surface area (TPSA) is 78.9 Å². The predicted octanol–water partition coefficient (Wildman–Crippen LogP) is 16.1. The minimum absolute atomic E-state index is 0.0837. The third kappa shape index (κ3) is 46.0. The van der Waals surface area contributed by atoms with Crippen molar-refractivity contribution in [2.45, 2.75) is 245 Å². The number of rotatable bonds is 44. The van der Waals surface area contributed by atoms with Gasteiger partial charge in [0.1, 0.15) is 13.2 Å². The maximum Gasteiger partial charge on any atom is 0.306 e. The van der Waals surface area contributed by atoms with Gasteiger partial charge in [0.25, 0.3) is 0 Å². The molecule has 0 aliphatic rings. The van der Waals surface area contributed by atoms with Crippen LogP contribution in [0.25, 0.3) is 0 Å². The molecule has 0 N–H and O–H groups in total. The van der Waals surface area contributed by atoms with Gasteiger partial charge in [0, 0.05) is 19.3 Å². The molecular formula is C53H92O6. The first-order chi connectivity index (χ1) is 29.0. The summed E-state index contributed by atoms with van der Waals surface area (Å²) in [4.78, 5) is 37.9. The second-order valence-corrected chi connectivity index (χ2v) is 16.4. The minimum atomic E-state index is -0.782. The molecule has 0 aliphatic carbocycles. The van der Waals surface area contributed by atoms with Gasteiger partial charge in [0.15, 0.2) is 6.10 Å². The molecule has 0 heterocycles. The van der Waals surface area contributed by atoms with Crippen LogP contribution in [0.1, 0.15) is 239 Å². The minimum Gasteiger partial charge on any atom is -0.462 e. The summed E-state index contributed by atoms with van der Waals surface area (Å²) in [7, 11) is 0. The summed E-state index contributed by atoms with van der Waals surface area (Å²) >= 11 is 0. The molecule has 6 heteroatoms. The molecule has 0 fully saturated rings. The van der Waals surface area contributed by atoms with Crippen molar-refractivity contribution in [1.82, 2.24) is 0 Å². The van der Waals surface area contributed by atoms with E-state index in [4.69, 9.17) is 14.2 Å². The Morgan fingerprint density at radius 1 is 0.373 bits per heavy atom. The zero-order valence-corrected chi connectivity index (χ0v) is 38.8. The van der Waals surface area contributed by atoms with Crippen molar-refractivity contribution in [2.75, 3.05) is 13.2 Å². The Morgan fingerprint density at radius 2 is 0.746 bits per heavy atom. The van der Waals surface area contributed by atoms with E-state index in [0.717, 1.165) is 103 Å². The van der Waals surface area contributed by atoms with Crippen LogP contribution in [0.2, 0.25) is 0 Å². The van der Waals surface area contributed by atoms with Gasteiger partial charge in [0.05, 0.1) is 0 Å². The second-order valence-electron chi connectivity index (χ2n) is 16.4. The number of carbonyl (C=O) groups excluding carboxylic acids is 3. The van der Waals surface area contributed by atoms with E-state index in [1.54, 1.807) is 0 Å². The van der Waals surface area contributed by atoms with Crippen molar-refractivity contribution in [2.24, 2.45) is 0 Å². The van der Waals surface area contributed by atoms with Crippen LogP contribution in [0.4, 0.5) is 0 Å². The van der Waals surface area contributed by atoms with E-state index >= 15 is 0 Å². The van der Waals surface area contributed by atoms with E-state index in [0.29, 0.717) is 19.3 Å². The maximum absolute atomic E-state index is 12.8. The molecule has 1 unspecified atom stereocenters. The fourth-order valence-corrected chi connectivity index (χ4v) is 6.89. The van der Waals surface area contributed by atoms with E-state index in [9.17, 15) is 14.4 Å². The van der Waals surface area contributed by atoms with Gasteiger partial charge >= 0.3 is 17.9 Å². The van der Waals surface area contributed by atoms with Gasteiger partial charge in [-0.15, -0.1) is 0 Å². The smallest absolute Gasteiger partial charge is 0.306 e. The first kappa shape index (κ1) is 56.1. The lowest BCUT2D eigenvalue weighted by molar-refractivity contribution is -0.167. The Morgan fingerprint density at radius 3 is 1.20 bits per heavy atom. The molecule has 6 nitrogen and oxygen atoms in total. The summed E-state index contributed by atoms with van der Waals surface area (Å²) in [5, 5.41) is 0. The first-order valence-corrected chi connectivity index (χ1v) is 24.8. The van der Waals surface area contributed by atoms with Crippen molar-refractivity contribution in [1.29, 1.82) is 0 Å². The molecule has 0 radical (unpaired) electrons. The molecule has 0 amide bonds. The number of unbranched alkanes of at least 4 members (excludes halogenated alkanes) is 25. The molecule has 59 heavy (non-hydrogen) atoms. The molecule has 0 saturated heterocycles. The zero-order valence-electron chi connectivity index (χ0n) is 38.8. The average molecular weight is 825 g/mol. The quantitative estimate of drug-likeness (QED) is 0.0200. The molecule has 0 aromatic heterocycles. The van der Waals surface area contributed by atoms with E-state index in [2.05, 4.69) is 81.5 Å². The van der Waals surface area contributed by atoms with Crippen molar-refractivity contribution in [3.8, 4) is 0 Å². The van der Waals surface area contributed by atoms with E-state index in [1.807, 2.05) is 0 Å². The first-order valence-electron chi connectivity index (χ1n) is 24.8. The largest absolute Gasteiger partial charge is 0.462 e. The molecule has 0 aliphatic heterocycles. The number of hydrogen-bond acceptors (Lipinski definition) is 6. The molecule has 0 aromatic rings.